The Balaban J connectivity index is 1.13. The number of anilines is 3. The maximum atomic E-state index is 2.58. The lowest BCUT2D eigenvalue weighted by atomic mass is 9.63. The molecule has 11 aromatic rings. The number of aromatic nitrogens is 1. The third kappa shape index (κ3) is 4.49. The van der Waals surface area contributed by atoms with Gasteiger partial charge in [0.05, 0.1) is 22.1 Å². The van der Waals surface area contributed by atoms with Crippen LogP contribution in [0.2, 0.25) is 0 Å². The van der Waals surface area contributed by atoms with E-state index in [1.807, 2.05) is 0 Å². The predicted octanol–water partition coefficient (Wildman–Crippen LogP) is 16.1. The van der Waals surface area contributed by atoms with Gasteiger partial charge in [0.15, 0.2) is 0 Å². The average molecular weight is 815 g/mol. The topological polar surface area (TPSA) is 8.17 Å². The van der Waals surface area contributed by atoms with E-state index in [4.69, 9.17) is 0 Å². The second-order valence-corrected chi connectivity index (χ2v) is 18.4. The SMILES string of the molecule is CC1(C)c2ccccc2-c2ccc(-n3c4cccc5c4c4c6c(cccc6c(N(c6ccccc6)c6ccc(-c7ccccc7)cc6)cc43)C53c4ccccc4-c4ccccc43)cc21. The number of rotatable bonds is 5. The normalized spacial score (nSPS) is 14.3. The van der Waals surface area contributed by atoms with Crippen molar-refractivity contribution in [1.82, 2.24) is 4.57 Å². The van der Waals surface area contributed by atoms with Gasteiger partial charge in [-0.3, -0.25) is 0 Å². The molecule has 1 heterocycles. The molecule has 0 N–H and O–H groups in total. The van der Waals surface area contributed by atoms with Crippen LogP contribution >= 0.6 is 0 Å². The van der Waals surface area contributed by atoms with Crippen molar-refractivity contribution in [3.8, 4) is 39.1 Å². The number of para-hydroxylation sites is 1. The van der Waals surface area contributed by atoms with Gasteiger partial charge in [-0.25, -0.2) is 0 Å². The second-order valence-electron chi connectivity index (χ2n) is 18.4. The van der Waals surface area contributed by atoms with Gasteiger partial charge < -0.3 is 9.47 Å². The first-order valence-electron chi connectivity index (χ1n) is 22.5. The molecule has 0 saturated carbocycles. The molecule has 10 aromatic carbocycles. The highest BCUT2D eigenvalue weighted by Gasteiger charge is 2.50. The zero-order valence-electron chi connectivity index (χ0n) is 35.7. The van der Waals surface area contributed by atoms with Crippen molar-refractivity contribution in [3.63, 3.8) is 0 Å². The van der Waals surface area contributed by atoms with Crippen LogP contribution in [0.5, 0.6) is 0 Å². The number of hydrogen-bond acceptors (Lipinski definition) is 1. The summed E-state index contributed by atoms with van der Waals surface area (Å²) in [4.78, 5) is 2.48. The van der Waals surface area contributed by atoms with Crippen molar-refractivity contribution in [2.24, 2.45) is 0 Å². The van der Waals surface area contributed by atoms with Crippen LogP contribution < -0.4 is 4.90 Å². The minimum atomic E-state index is -0.520. The number of nitrogens with zero attached hydrogens (tertiary/aromatic N) is 2. The van der Waals surface area contributed by atoms with Crippen molar-refractivity contribution in [2.75, 3.05) is 4.90 Å². The van der Waals surface area contributed by atoms with Crippen LogP contribution in [-0.4, -0.2) is 4.57 Å². The molecule has 14 rings (SSSR count). The van der Waals surface area contributed by atoms with Crippen LogP contribution in [0.1, 0.15) is 47.2 Å². The number of hydrogen-bond donors (Lipinski definition) is 0. The summed E-state index contributed by atoms with van der Waals surface area (Å²) < 4.78 is 2.58. The first-order chi connectivity index (χ1) is 31.5. The highest BCUT2D eigenvalue weighted by Crippen LogP contribution is 2.63. The van der Waals surface area contributed by atoms with E-state index in [2.05, 4.69) is 242 Å². The summed E-state index contributed by atoms with van der Waals surface area (Å²) in [5.74, 6) is 0. The third-order valence-corrected chi connectivity index (χ3v) is 15.0. The van der Waals surface area contributed by atoms with Gasteiger partial charge in [-0.05, 0) is 121 Å². The second kappa shape index (κ2) is 12.8. The Morgan fingerprint density at radius 2 is 0.891 bits per heavy atom. The molecule has 0 atom stereocenters. The van der Waals surface area contributed by atoms with E-state index in [1.165, 1.54) is 105 Å². The summed E-state index contributed by atoms with van der Waals surface area (Å²) in [5, 5.41) is 5.21. The molecule has 300 valence electrons. The molecular formula is C62H42N2. The number of fused-ring (bicyclic) bond motifs is 10. The van der Waals surface area contributed by atoms with Crippen LogP contribution in [0, 0.1) is 0 Å². The summed E-state index contributed by atoms with van der Waals surface area (Å²) in [6.07, 6.45) is 0. The fourth-order valence-corrected chi connectivity index (χ4v) is 12.3. The molecule has 0 radical (unpaired) electrons. The Kier molecular flexibility index (Phi) is 7.13. The van der Waals surface area contributed by atoms with Gasteiger partial charge in [-0.2, -0.15) is 0 Å². The van der Waals surface area contributed by atoms with Gasteiger partial charge >= 0.3 is 0 Å². The standard InChI is InChI=1S/C62H42N2/c1-61(2)49-25-12-9-21-44(49)47-36-35-43(37-54(47)61)64-55-30-16-29-53-59(55)60-57(64)38-56(63(41-19-7-4-8-20-41)42-33-31-40(32-34-42)39-17-5-3-6-18-39)48-24-15-28-52(58(48)60)62(53)50-26-13-10-22-45(50)46-23-11-14-27-51(46)62/h3-38H,1-2H3. The minimum absolute atomic E-state index is 0.137. The Morgan fingerprint density at radius 3 is 1.59 bits per heavy atom. The molecule has 0 unspecified atom stereocenters. The molecule has 1 spiro atoms. The van der Waals surface area contributed by atoms with E-state index in [0.29, 0.717) is 0 Å². The zero-order valence-corrected chi connectivity index (χ0v) is 35.7. The van der Waals surface area contributed by atoms with E-state index >= 15 is 0 Å². The maximum absolute atomic E-state index is 2.58. The van der Waals surface area contributed by atoms with Gasteiger partial charge in [0, 0.05) is 38.6 Å². The quantitative estimate of drug-likeness (QED) is 0.168. The third-order valence-electron chi connectivity index (χ3n) is 15.0. The molecule has 0 fully saturated rings. The first kappa shape index (κ1) is 35.6. The van der Waals surface area contributed by atoms with Crippen molar-refractivity contribution < 1.29 is 0 Å². The molecule has 0 amide bonds. The van der Waals surface area contributed by atoms with Crippen LogP contribution in [-0.2, 0) is 10.8 Å². The molecule has 0 bridgehead atoms. The highest BCUT2D eigenvalue weighted by molar-refractivity contribution is 6.29. The lowest BCUT2D eigenvalue weighted by Crippen LogP contribution is -2.30. The van der Waals surface area contributed by atoms with Crippen molar-refractivity contribution >= 4 is 49.6 Å². The summed E-state index contributed by atoms with van der Waals surface area (Å²) in [6, 6.07) is 81.9. The zero-order chi connectivity index (χ0) is 42.3. The lowest BCUT2D eigenvalue weighted by molar-refractivity contribution is 0.660. The van der Waals surface area contributed by atoms with E-state index in [0.717, 1.165) is 17.1 Å². The Hall–Kier alpha value is -7.94. The molecule has 2 heteroatoms. The van der Waals surface area contributed by atoms with Crippen LogP contribution in [0.3, 0.4) is 0 Å². The predicted molar refractivity (Wildman–Crippen MR) is 267 cm³/mol. The average Bonchev–Trinajstić information content (AvgIpc) is 3.93. The summed E-state index contributed by atoms with van der Waals surface area (Å²) in [6.45, 7) is 4.77. The van der Waals surface area contributed by atoms with Gasteiger partial charge in [0.25, 0.3) is 0 Å². The fourth-order valence-electron chi connectivity index (χ4n) is 12.3. The summed E-state index contributed by atoms with van der Waals surface area (Å²) >= 11 is 0. The molecule has 1 aromatic heterocycles. The van der Waals surface area contributed by atoms with E-state index in [-0.39, 0.29) is 5.41 Å². The van der Waals surface area contributed by atoms with Gasteiger partial charge in [0.2, 0.25) is 0 Å². The molecular weight excluding hydrogens is 773 g/mol. The van der Waals surface area contributed by atoms with Crippen molar-refractivity contribution in [3.05, 3.63) is 252 Å². The Bertz CT molecular complexity index is 3700. The smallest absolute Gasteiger partial charge is 0.0726 e. The van der Waals surface area contributed by atoms with Gasteiger partial charge in [-0.15, -0.1) is 0 Å². The van der Waals surface area contributed by atoms with Gasteiger partial charge in [-0.1, -0.05) is 184 Å². The minimum Gasteiger partial charge on any atom is -0.310 e. The maximum Gasteiger partial charge on any atom is 0.0726 e. The van der Waals surface area contributed by atoms with E-state index in [9.17, 15) is 0 Å². The highest BCUT2D eigenvalue weighted by atomic mass is 15.1. The molecule has 0 aliphatic heterocycles. The van der Waals surface area contributed by atoms with E-state index in [1.54, 1.807) is 0 Å². The van der Waals surface area contributed by atoms with Crippen molar-refractivity contribution in [1.29, 1.82) is 0 Å². The summed E-state index contributed by atoms with van der Waals surface area (Å²) in [5.41, 5.74) is 22.2. The Labute approximate surface area is 372 Å². The van der Waals surface area contributed by atoms with Crippen LogP contribution in [0.4, 0.5) is 17.1 Å². The molecule has 0 saturated heterocycles. The summed E-state index contributed by atoms with van der Waals surface area (Å²) in [7, 11) is 0. The molecule has 3 aliphatic carbocycles. The number of benzene rings is 10. The van der Waals surface area contributed by atoms with Crippen LogP contribution in [0.15, 0.2) is 218 Å². The Morgan fingerprint density at radius 1 is 0.359 bits per heavy atom. The molecule has 3 aliphatic rings. The largest absolute Gasteiger partial charge is 0.310 e. The van der Waals surface area contributed by atoms with E-state index < -0.39 is 5.41 Å². The molecule has 2 nitrogen and oxygen atoms in total. The fraction of sp³-hybridized carbons (Fsp3) is 0.0645. The lowest BCUT2D eigenvalue weighted by Gasteiger charge is -2.38. The van der Waals surface area contributed by atoms with Crippen molar-refractivity contribution in [2.45, 2.75) is 24.7 Å². The molecule has 64 heavy (non-hydrogen) atoms. The van der Waals surface area contributed by atoms with Gasteiger partial charge in [0.1, 0.15) is 0 Å². The first-order valence-corrected chi connectivity index (χ1v) is 22.5. The monoisotopic (exact) mass is 814 g/mol. The van der Waals surface area contributed by atoms with Crippen LogP contribution in [0.25, 0.3) is 71.6 Å².